The third-order valence-electron chi connectivity index (χ3n) is 4.56. The first-order valence-corrected chi connectivity index (χ1v) is 7.64. The lowest BCUT2D eigenvalue weighted by Crippen LogP contribution is -2.44. The molecule has 0 saturated carbocycles. The molecule has 2 saturated heterocycles. The number of aryl methyl sites for hydroxylation is 1. The zero-order valence-corrected chi connectivity index (χ0v) is 12.2. The van der Waals surface area contributed by atoms with Crippen molar-refractivity contribution in [2.75, 3.05) is 31.1 Å². The standard InChI is InChI=1S/C16H22N4/c1-13-4-5-14(12-17)16(18-13)20-10-6-15(7-11-20)19-8-2-3-9-19/h4-5,15H,2-3,6-11H2,1H3. The zero-order valence-electron chi connectivity index (χ0n) is 12.2. The Bertz CT molecular complexity index is 506. The van der Waals surface area contributed by atoms with E-state index in [4.69, 9.17) is 0 Å². The van der Waals surface area contributed by atoms with Gasteiger partial charge in [-0.2, -0.15) is 5.26 Å². The minimum absolute atomic E-state index is 0.704. The molecule has 1 aromatic rings. The van der Waals surface area contributed by atoms with Gasteiger partial charge in [0.1, 0.15) is 11.9 Å². The van der Waals surface area contributed by atoms with Gasteiger partial charge in [0.25, 0.3) is 0 Å². The summed E-state index contributed by atoms with van der Waals surface area (Å²) >= 11 is 0. The van der Waals surface area contributed by atoms with E-state index < -0.39 is 0 Å². The van der Waals surface area contributed by atoms with Gasteiger partial charge in [-0.1, -0.05) is 0 Å². The van der Waals surface area contributed by atoms with Gasteiger partial charge in [-0.05, 0) is 57.8 Å². The lowest BCUT2D eigenvalue weighted by atomic mass is 10.0. The summed E-state index contributed by atoms with van der Waals surface area (Å²) < 4.78 is 0. The molecule has 0 bridgehead atoms. The highest BCUT2D eigenvalue weighted by atomic mass is 15.2. The van der Waals surface area contributed by atoms with Gasteiger partial charge in [0.05, 0.1) is 5.56 Å². The molecule has 0 N–H and O–H groups in total. The molecule has 2 aliphatic rings. The van der Waals surface area contributed by atoms with E-state index in [9.17, 15) is 5.26 Å². The van der Waals surface area contributed by atoms with Crippen LogP contribution in [0.25, 0.3) is 0 Å². The van der Waals surface area contributed by atoms with Crippen LogP contribution < -0.4 is 4.90 Å². The maximum Gasteiger partial charge on any atom is 0.146 e. The average molecular weight is 270 g/mol. The Morgan fingerprint density at radius 1 is 1.15 bits per heavy atom. The van der Waals surface area contributed by atoms with Gasteiger partial charge in [-0.25, -0.2) is 4.98 Å². The second kappa shape index (κ2) is 5.80. The first-order valence-electron chi connectivity index (χ1n) is 7.64. The van der Waals surface area contributed by atoms with E-state index >= 15 is 0 Å². The molecular formula is C16H22N4. The fourth-order valence-electron chi connectivity index (χ4n) is 3.42. The van der Waals surface area contributed by atoms with Crippen molar-refractivity contribution in [3.05, 3.63) is 23.4 Å². The Balaban J connectivity index is 1.69. The minimum Gasteiger partial charge on any atom is -0.355 e. The fraction of sp³-hybridized carbons (Fsp3) is 0.625. The quantitative estimate of drug-likeness (QED) is 0.827. The van der Waals surface area contributed by atoms with E-state index in [1.54, 1.807) is 0 Å². The van der Waals surface area contributed by atoms with E-state index in [-0.39, 0.29) is 0 Å². The van der Waals surface area contributed by atoms with Crippen LogP contribution in [0.1, 0.15) is 36.9 Å². The molecule has 0 aromatic carbocycles. The van der Waals surface area contributed by atoms with Crippen LogP contribution in [0, 0.1) is 18.3 Å². The van der Waals surface area contributed by atoms with Gasteiger partial charge >= 0.3 is 0 Å². The van der Waals surface area contributed by atoms with E-state index in [1.807, 2.05) is 19.1 Å². The molecule has 0 spiro atoms. The molecule has 0 radical (unpaired) electrons. The van der Waals surface area contributed by atoms with Gasteiger partial charge in [-0.15, -0.1) is 0 Å². The molecule has 3 heterocycles. The molecule has 2 aliphatic heterocycles. The molecule has 3 rings (SSSR count). The van der Waals surface area contributed by atoms with E-state index in [2.05, 4.69) is 20.9 Å². The number of aromatic nitrogens is 1. The van der Waals surface area contributed by atoms with Crippen molar-refractivity contribution in [1.29, 1.82) is 5.26 Å². The number of rotatable bonds is 2. The molecular weight excluding hydrogens is 248 g/mol. The summed E-state index contributed by atoms with van der Waals surface area (Å²) in [6.07, 6.45) is 5.11. The van der Waals surface area contributed by atoms with Crippen LogP contribution in [0.15, 0.2) is 12.1 Å². The second-order valence-corrected chi connectivity index (χ2v) is 5.90. The molecule has 0 amide bonds. The van der Waals surface area contributed by atoms with E-state index in [0.29, 0.717) is 5.56 Å². The zero-order chi connectivity index (χ0) is 13.9. The van der Waals surface area contributed by atoms with Crippen LogP contribution in [-0.2, 0) is 0 Å². The molecule has 1 aromatic heterocycles. The van der Waals surface area contributed by atoms with Crippen LogP contribution in [0.5, 0.6) is 0 Å². The molecule has 106 valence electrons. The molecule has 4 nitrogen and oxygen atoms in total. The summed E-state index contributed by atoms with van der Waals surface area (Å²) in [5, 5.41) is 9.24. The van der Waals surface area contributed by atoms with Crippen molar-refractivity contribution in [3.63, 3.8) is 0 Å². The molecule has 2 fully saturated rings. The van der Waals surface area contributed by atoms with Crippen molar-refractivity contribution in [1.82, 2.24) is 9.88 Å². The van der Waals surface area contributed by atoms with E-state index in [0.717, 1.165) is 30.6 Å². The van der Waals surface area contributed by atoms with Gasteiger partial charge in [0.2, 0.25) is 0 Å². The highest BCUT2D eigenvalue weighted by Crippen LogP contribution is 2.25. The number of hydrogen-bond acceptors (Lipinski definition) is 4. The number of nitrogens with zero attached hydrogens (tertiary/aromatic N) is 4. The molecule has 0 atom stereocenters. The van der Waals surface area contributed by atoms with Gasteiger partial charge in [-0.3, -0.25) is 0 Å². The first-order chi connectivity index (χ1) is 9.78. The van der Waals surface area contributed by atoms with Crippen LogP contribution in [0.4, 0.5) is 5.82 Å². The van der Waals surface area contributed by atoms with Crippen molar-refractivity contribution >= 4 is 5.82 Å². The third kappa shape index (κ3) is 2.64. The Labute approximate surface area is 121 Å². The topological polar surface area (TPSA) is 43.2 Å². The summed E-state index contributed by atoms with van der Waals surface area (Å²) in [5.41, 5.74) is 1.69. The molecule has 0 unspecified atom stereocenters. The van der Waals surface area contributed by atoms with Crippen molar-refractivity contribution in [3.8, 4) is 6.07 Å². The predicted octanol–water partition coefficient (Wildman–Crippen LogP) is 2.33. The second-order valence-electron chi connectivity index (χ2n) is 5.90. The first kappa shape index (κ1) is 13.4. The summed E-state index contributed by atoms with van der Waals surface area (Å²) in [7, 11) is 0. The van der Waals surface area contributed by atoms with Crippen molar-refractivity contribution in [2.24, 2.45) is 0 Å². The lowest BCUT2D eigenvalue weighted by Gasteiger charge is -2.37. The number of hydrogen-bond donors (Lipinski definition) is 0. The van der Waals surface area contributed by atoms with Crippen molar-refractivity contribution in [2.45, 2.75) is 38.6 Å². The highest BCUT2D eigenvalue weighted by molar-refractivity contribution is 5.54. The number of likely N-dealkylation sites (tertiary alicyclic amines) is 1. The van der Waals surface area contributed by atoms with Gasteiger partial charge < -0.3 is 9.80 Å². The average Bonchev–Trinajstić information content (AvgIpc) is 3.02. The summed E-state index contributed by atoms with van der Waals surface area (Å²) in [6, 6.07) is 6.82. The van der Waals surface area contributed by atoms with Gasteiger partial charge in [0, 0.05) is 24.8 Å². The maximum atomic E-state index is 9.24. The van der Waals surface area contributed by atoms with Crippen LogP contribution in [0.2, 0.25) is 0 Å². The summed E-state index contributed by atoms with van der Waals surface area (Å²) in [5.74, 6) is 0.882. The normalized spacial score (nSPS) is 21.1. The Hall–Kier alpha value is -1.60. The smallest absolute Gasteiger partial charge is 0.146 e. The van der Waals surface area contributed by atoms with Crippen LogP contribution in [-0.4, -0.2) is 42.1 Å². The van der Waals surface area contributed by atoms with Crippen LogP contribution >= 0.6 is 0 Å². The molecule has 20 heavy (non-hydrogen) atoms. The largest absolute Gasteiger partial charge is 0.355 e. The molecule has 4 heteroatoms. The summed E-state index contributed by atoms with van der Waals surface area (Å²) in [4.78, 5) is 9.51. The monoisotopic (exact) mass is 270 g/mol. The third-order valence-corrected chi connectivity index (χ3v) is 4.56. The summed E-state index contributed by atoms with van der Waals surface area (Å²) in [6.45, 7) is 6.58. The van der Waals surface area contributed by atoms with Crippen LogP contribution in [0.3, 0.4) is 0 Å². The Morgan fingerprint density at radius 3 is 2.50 bits per heavy atom. The SMILES string of the molecule is Cc1ccc(C#N)c(N2CCC(N3CCCC3)CC2)n1. The fourth-order valence-corrected chi connectivity index (χ4v) is 3.42. The van der Waals surface area contributed by atoms with E-state index in [1.165, 1.54) is 38.8 Å². The molecule has 0 aliphatic carbocycles. The number of anilines is 1. The van der Waals surface area contributed by atoms with Gasteiger partial charge in [0.15, 0.2) is 0 Å². The lowest BCUT2D eigenvalue weighted by molar-refractivity contribution is 0.207. The number of pyridine rings is 1. The number of piperidine rings is 1. The maximum absolute atomic E-state index is 9.24. The highest BCUT2D eigenvalue weighted by Gasteiger charge is 2.27. The predicted molar refractivity (Wildman–Crippen MR) is 79.7 cm³/mol. The van der Waals surface area contributed by atoms with Crippen molar-refractivity contribution < 1.29 is 0 Å². The Morgan fingerprint density at radius 2 is 1.85 bits per heavy atom. The number of nitriles is 1. The Kier molecular flexibility index (Phi) is 3.88. The minimum atomic E-state index is 0.704.